The van der Waals surface area contributed by atoms with E-state index in [4.69, 9.17) is 0 Å². The van der Waals surface area contributed by atoms with Crippen molar-refractivity contribution in [3.05, 3.63) is 29.3 Å². The van der Waals surface area contributed by atoms with E-state index in [-0.39, 0.29) is 5.91 Å². The van der Waals surface area contributed by atoms with Crippen LogP contribution in [0.5, 0.6) is 0 Å². The highest BCUT2D eigenvalue weighted by molar-refractivity contribution is 5.83. The van der Waals surface area contributed by atoms with Crippen molar-refractivity contribution >= 4 is 11.6 Å². The quantitative estimate of drug-likeness (QED) is 0.714. The van der Waals surface area contributed by atoms with Crippen molar-refractivity contribution in [2.45, 2.75) is 13.8 Å². The van der Waals surface area contributed by atoms with Crippen molar-refractivity contribution in [3.8, 4) is 0 Å². The molecule has 0 bridgehead atoms. The largest absolute Gasteiger partial charge is 0.360 e. The molecule has 0 N–H and O–H groups in total. The Kier molecular flexibility index (Phi) is 2.86. The number of rotatable bonds is 1. The van der Waals surface area contributed by atoms with E-state index in [1.54, 1.807) is 4.90 Å². The van der Waals surface area contributed by atoms with Gasteiger partial charge in [-0.25, -0.2) is 0 Å². The van der Waals surface area contributed by atoms with Crippen LogP contribution < -0.4 is 4.90 Å². The maximum atomic E-state index is 11.7. The Hall–Kier alpha value is -1.51. The fourth-order valence-electron chi connectivity index (χ4n) is 2.25. The molecule has 0 atom stereocenters. The first kappa shape index (κ1) is 11.0. The van der Waals surface area contributed by atoms with Crippen molar-refractivity contribution < 1.29 is 4.79 Å². The molecule has 3 nitrogen and oxygen atoms in total. The van der Waals surface area contributed by atoms with E-state index in [0.29, 0.717) is 6.54 Å². The lowest BCUT2D eigenvalue weighted by Gasteiger charge is -2.35. The number of benzene rings is 1. The van der Waals surface area contributed by atoms with Crippen LogP contribution in [0.1, 0.15) is 11.1 Å². The highest BCUT2D eigenvalue weighted by atomic mass is 16.2. The van der Waals surface area contributed by atoms with E-state index >= 15 is 0 Å². The van der Waals surface area contributed by atoms with Gasteiger partial charge < -0.3 is 9.80 Å². The van der Waals surface area contributed by atoms with E-state index < -0.39 is 0 Å². The second-order valence-electron chi connectivity index (χ2n) is 4.48. The van der Waals surface area contributed by atoms with Crippen LogP contribution >= 0.6 is 0 Å². The summed E-state index contributed by atoms with van der Waals surface area (Å²) < 4.78 is 0. The predicted octanol–water partition coefficient (Wildman–Crippen LogP) is 1.58. The minimum Gasteiger partial charge on any atom is -0.360 e. The Bertz CT molecular complexity index is 394. The van der Waals surface area contributed by atoms with Crippen LogP contribution in [0.3, 0.4) is 0 Å². The first-order chi connectivity index (χ1) is 7.59. The van der Waals surface area contributed by atoms with Crippen LogP contribution in [-0.4, -0.2) is 37.5 Å². The number of hydrogen-bond donors (Lipinski definition) is 0. The van der Waals surface area contributed by atoms with Gasteiger partial charge >= 0.3 is 0 Å². The molecule has 0 aliphatic carbocycles. The zero-order chi connectivity index (χ0) is 11.7. The normalized spacial score (nSPS) is 16.8. The Morgan fingerprint density at radius 2 is 1.75 bits per heavy atom. The van der Waals surface area contributed by atoms with Gasteiger partial charge in [-0.15, -0.1) is 0 Å². The molecule has 2 rings (SSSR count). The molecule has 1 fully saturated rings. The summed E-state index contributed by atoms with van der Waals surface area (Å²) in [6, 6.07) is 6.27. The standard InChI is InChI=1S/C13H18N2O/c1-10-5-4-6-11(2)13(10)15-8-7-14(3)12(16)9-15/h4-6H,7-9H2,1-3H3. The first-order valence-electron chi connectivity index (χ1n) is 5.64. The lowest BCUT2D eigenvalue weighted by molar-refractivity contribution is -0.129. The van der Waals surface area contributed by atoms with Crippen LogP contribution in [-0.2, 0) is 4.79 Å². The number of anilines is 1. The third-order valence-electron chi connectivity index (χ3n) is 3.21. The number of hydrogen-bond acceptors (Lipinski definition) is 2. The number of aryl methyl sites for hydroxylation is 2. The van der Waals surface area contributed by atoms with Gasteiger partial charge in [0.25, 0.3) is 0 Å². The average Bonchev–Trinajstić information content (AvgIpc) is 2.23. The summed E-state index contributed by atoms with van der Waals surface area (Å²) in [4.78, 5) is 15.7. The molecule has 1 aromatic rings. The number of nitrogens with zero attached hydrogens (tertiary/aromatic N) is 2. The molecule has 1 saturated heterocycles. The molecule has 3 heteroatoms. The van der Waals surface area contributed by atoms with E-state index in [1.165, 1.54) is 16.8 Å². The molecule has 1 aromatic carbocycles. The highest BCUT2D eigenvalue weighted by Crippen LogP contribution is 2.25. The van der Waals surface area contributed by atoms with Gasteiger partial charge in [0.1, 0.15) is 0 Å². The van der Waals surface area contributed by atoms with Crippen molar-refractivity contribution in [3.63, 3.8) is 0 Å². The molecule has 0 unspecified atom stereocenters. The van der Waals surface area contributed by atoms with Gasteiger partial charge in [-0.05, 0) is 25.0 Å². The minimum absolute atomic E-state index is 0.203. The van der Waals surface area contributed by atoms with Crippen molar-refractivity contribution in [2.24, 2.45) is 0 Å². The van der Waals surface area contributed by atoms with E-state index in [2.05, 4.69) is 36.9 Å². The van der Waals surface area contributed by atoms with E-state index in [9.17, 15) is 4.79 Å². The number of carbonyl (C=O) groups is 1. The second-order valence-corrected chi connectivity index (χ2v) is 4.48. The number of amides is 1. The van der Waals surface area contributed by atoms with Crippen molar-refractivity contribution in [1.29, 1.82) is 0 Å². The van der Waals surface area contributed by atoms with Crippen LogP contribution in [0, 0.1) is 13.8 Å². The van der Waals surface area contributed by atoms with Crippen molar-refractivity contribution in [2.75, 3.05) is 31.6 Å². The molecule has 1 heterocycles. The maximum absolute atomic E-state index is 11.7. The van der Waals surface area contributed by atoms with Crippen molar-refractivity contribution in [1.82, 2.24) is 4.90 Å². The predicted molar refractivity (Wildman–Crippen MR) is 65.8 cm³/mol. The summed E-state index contributed by atoms with van der Waals surface area (Å²) in [5, 5.41) is 0. The fraction of sp³-hybridized carbons (Fsp3) is 0.462. The summed E-state index contributed by atoms with van der Waals surface area (Å²) in [7, 11) is 1.87. The van der Waals surface area contributed by atoms with Gasteiger partial charge in [-0.1, -0.05) is 18.2 Å². The summed E-state index contributed by atoms with van der Waals surface area (Å²) in [5.74, 6) is 0.203. The van der Waals surface area contributed by atoms with Gasteiger partial charge in [-0.2, -0.15) is 0 Å². The second kappa shape index (κ2) is 4.16. The first-order valence-corrected chi connectivity index (χ1v) is 5.64. The van der Waals surface area contributed by atoms with Crippen LogP contribution in [0.25, 0.3) is 0 Å². The zero-order valence-electron chi connectivity index (χ0n) is 10.2. The Morgan fingerprint density at radius 3 is 2.31 bits per heavy atom. The molecule has 0 aromatic heterocycles. The lowest BCUT2D eigenvalue weighted by atomic mass is 10.1. The number of piperazine rings is 1. The third kappa shape index (κ3) is 1.90. The molecule has 16 heavy (non-hydrogen) atoms. The zero-order valence-corrected chi connectivity index (χ0v) is 10.2. The molecule has 0 spiro atoms. The summed E-state index contributed by atoms with van der Waals surface area (Å²) >= 11 is 0. The molecule has 1 aliphatic rings. The smallest absolute Gasteiger partial charge is 0.241 e. The molecule has 86 valence electrons. The molecular formula is C13H18N2O. The maximum Gasteiger partial charge on any atom is 0.241 e. The SMILES string of the molecule is Cc1cccc(C)c1N1CCN(C)C(=O)C1. The number of likely N-dealkylation sites (N-methyl/N-ethyl adjacent to an activating group) is 1. The Morgan fingerprint density at radius 1 is 1.12 bits per heavy atom. The number of para-hydroxylation sites is 1. The van der Waals surface area contributed by atoms with Crippen LogP contribution in [0.4, 0.5) is 5.69 Å². The minimum atomic E-state index is 0.203. The van der Waals surface area contributed by atoms with Gasteiger partial charge in [-0.3, -0.25) is 4.79 Å². The third-order valence-corrected chi connectivity index (χ3v) is 3.21. The molecule has 0 saturated carbocycles. The Balaban J connectivity index is 2.28. The highest BCUT2D eigenvalue weighted by Gasteiger charge is 2.22. The fourth-order valence-corrected chi connectivity index (χ4v) is 2.25. The molecule has 1 aliphatic heterocycles. The number of carbonyl (C=O) groups excluding carboxylic acids is 1. The Labute approximate surface area is 96.7 Å². The summed E-state index contributed by atoms with van der Waals surface area (Å²) in [6.07, 6.45) is 0. The van der Waals surface area contributed by atoms with Crippen LogP contribution in [0.15, 0.2) is 18.2 Å². The monoisotopic (exact) mass is 218 g/mol. The van der Waals surface area contributed by atoms with E-state index in [1.807, 2.05) is 7.05 Å². The molecular weight excluding hydrogens is 200 g/mol. The van der Waals surface area contributed by atoms with Gasteiger partial charge in [0, 0.05) is 25.8 Å². The van der Waals surface area contributed by atoms with Gasteiger partial charge in [0.05, 0.1) is 6.54 Å². The summed E-state index contributed by atoms with van der Waals surface area (Å²) in [5.41, 5.74) is 3.72. The lowest BCUT2D eigenvalue weighted by Crippen LogP contribution is -2.49. The summed E-state index contributed by atoms with van der Waals surface area (Å²) in [6.45, 7) is 6.44. The average molecular weight is 218 g/mol. The molecule has 1 amide bonds. The van der Waals surface area contributed by atoms with Crippen LogP contribution in [0.2, 0.25) is 0 Å². The topological polar surface area (TPSA) is 23.6 Å². The molecule has 0 radical (unpaired) electrons. The van der Waals surface area contributed by atoms with Gasteiger partial charge in [0.15, 0.2) is 0 Å². The van der Waals surface area contributed by atoms with E-state index in [0.717, 1.165) is 13.1 Å². The van der Waals surface area contributed by atoms with Gasteiger partial charge in [0.2, 0.25) is 5.91 Å².